The van der Waals surface area contributed by atoms with Crippen molar-refractivity contribution in [3.05, 3.63) is 93.2 Å². The Labute approximate surface area is 181 Å². The first-order valence-electron chi connectivity index (χ1n) is 8.70. The first-order valence-corrected chi connectivity index (χ1v) is 9.87. The molecule has 3 rings (SSSR count). The summed E-state index contributed by atoms with van der Waals surface area (Å²) >= 11 is 9.51. The van der Waals surface area contributed by atoms with Crippen molar-refractivity contribution in [2.75, 3.05) is 10.6 Å². The van der Waals surface area contributed by atoms with Gasteiger partial charge in [0.25, 0.3) is 11.8 Å². The van der Waals surface area contributed by atoms with Crippen molar-refractivity contribution < 1.29 is 9.59 Å². The molecule has 5 nitrogen and oxygen atoms in total. The fraction of sp³-hybridized carbons (Fsp3) is 0.0455. The van der Waals surface area contributed by atoms with Gasteiger partial charge in [0.1, 0.15) is 10.7 Å². The molecule has 0 saturated heterocycles. The van der Waals surface area contributed by atoms with E-state index in [1.807, 2.05) is 25.1 Å². The van der Waals surface area contributed by atoms with Crippen LogP contribution in [0, 0.1) is 6.92 Å². The molecule has 0 fully saturated rings. The minimum Gasteiger partial charge on any atom is -0.322 e. The fourth-order valence-corrected chi connectivity index (χ4v) is 3.07. The molecular weight excluding hydrogens is 454 g/mol. The lowest BCUT2D eigenvalue weighted by atomic mass is 10.1. The Hall–Kier alpha value is -2.96. The molecule has 0 aliphatic carbocycles. The van der Waals surface area contributed by atoms with Crippen LogP contribution in [-0.2, 0) is 9.59 Å². The van der Waals surface area contributed by atoms with Crippen molar-refractivity contribution >= 4 is 56.8 Å². The number of carbonyl (C=O) groups is 2. The maximum absolute atomic E-state index is 13.0. The summed E-state index contributed by atoms with van der Waals surface area (Å²) < 4.78 is 0.813. The van der Waals surface area contributed by atoms with E-state index in [2.05, 4.69) is 31.5 Å². The first kappa shape index (κ1) is 20.8. The highest BCUT2D eigenvalue weighted by Crippen LogP contribution is 2.23. The third-order valence-corrected chi connectivity index (χ3v) is 4.87. The van der Waals surface area contributed by atoms with E-state index < -0.39 is 11.8 Å². The summed E-state index contributed by atoms with van der Waals surface area (Å²) in [7, 11) is 0. The predicted molar refractivity (Wildman–Crippen MR) is 120 cm³/mol. The number of aryl methyl sites for hydroxylation is 1. The van der Waals surface area contributed by atoms with Crippen molar-refractivity contribution in [1.29, 1.82) is 0 Å². The third kappa shape index (κ3) is 5.53. The molecule has 0 unspecified atom stereocenters. The summed E-state index contributed by atoms with van der Waals surface area (Å²) in [4.78, 5) is 29.9. The van der Waals surface area contributed by atoms with Crippen LogP contribution in [0.5, 0.6) is 0 Å². The Kier molecular flexibility index (Phi) is 6.80. The topological polar surface area (TPSA) is 71.1 Å². The van der Waals surface area contributed by atoms with Crippen LogP contribution in [0.4, 0.5) is 11.4 Å². The van der Waals surface area contributed by atoms with Crippen LogP contribution < -0.4 is 10.6 Å². The second kappa shape index (κ2) is 9.49. The average molecular weight is 471 g/mol. The van der Waals surface area contributed by atoms with Crippen LogP contribution >= 0.6 is 27.5 Å². The van der Waals surface area contributed by atoms with Crippen LogP contribution in [0.15, 0.2) is 76.9 Å². The number of carbonyl (C=O) groups excluding carboxylic acids is 2. The van der Waals surface area contributed by atoms with Crippen LogP contribution in [0.3, 0.4) is 0 Å². The summed E-state index contributed by atoms with van der Waals surface area (Å²) in [6.45, 7) is 1.87. The molecular formula is C22H17BrClN3O2. The molecule has 1 heterocycles. The molecule has 2 N–H and O–H groups in total. The predicted octanol–water partition coefficient (Wildman–Crippen LogP) is 5.47. The number of nitrogens with one attached hydrogen (secondary N) is 2. The van der Waals surface area contributed by atoms with Crippen LogP contribution in [-0.4, -0.2) is 16.8 Å². The number of benzene rings is 2. The van der Waals surface area contributed by atoms with Gasteiger partial charge in [0.15, 0.2) is 0 Å². The quantitative estimate of drug-likeness (QED) is 0.225. The SMILES string of the molecule is Cc1ccc(Br)cc1NC(=O)C(=Cc1cccnc1Cl)C(=O)Nc1ccccc1. The Morgan fingerprint density at radius 1 is 1.00 bits per heavy atom. The van der Waals surface area contributed by atoms with Crippen molar-refractivity contribution in [2.45, 2.75) is 6.92 Å². The van der Waals surface area contributed by atoms with Crippen LogP contribution in [0.2, 0.25) is 5.15 Å². The maximum atomic E-state index is 13.0. The van der Waals surface area contributed by atoms with Gasteiger partial charge in [0.05, 0.1) is 0 Å². The van der Waals surface area contributed by atoms with Crippen molar-refractivity contribution in [3.63, 3.8) is 0 Å². The third-order valence-electron chi connectivity index (χ3n) is 4.06. The van der Waals surface area contributed by atoms with Gasteiger partial charge in [-0.1, -0.05) is 57.9 Å². The second-order valence-corrected chi connectivity index (χ2v) is 7.45. The zero-order chi connectivity index (χ0) is 20.8. The van der Waals surface area contributed by atoms with Gasteiger partial charge in [-0.25, -0.2) is 4.98 Å². The summed E-state index contributed by atoms with van der Waals surface area (Å²) in [5.74, 6) is -1.11. The monoisotopic (exact) mass is 469 g/mol. The van der Waals surface area contributed by atoms with Gasteiger partial charge in [-0.3, -0.25) is 9.59 Å². The van der Waals surface area contributed by atoms with E-state index in [-0.39, 0.29) is 10.7 Å². The normalized spacial score (nSPS) is 11.1. The van der Waals surface area contributed by atoms with Gasteiger partial charge in [0.2, 0.25) is 0 Å². The zero-order valence-corrected chi connectivity index (χ0v) is 17.8. The summed E-state index contributed by atoms with van der Waals surface area (Å²) in [5, 5.41) is 5.73. The summed E-state index contributed by atoms with van der Waals surface area (Å²) in [6.07, 6.45) is 2.96. The largest absolute Gasteiger partial charge is 0.322 e. The number of aromatic nitrogens is 1. The maximum Gasteiger partial charge on any atom is 0.261 e. The number of para-hydroxylation sites is 1. The summed E-state index contributed by atoms with van der Waals surface area (Å²) in [5.41, 5.74) is 2.41. The van der Waals surface area contributed by atoms with E-state index in [1.165, 1.54) is 12.3 Å². The lowest BCUT2D eigenvalue weighted by Gasteiger charge is -2.12. The molecule has 0 spiro atoms. The minimum atomic E-state index is -0.556. The Morgan fingerprint density at radius 2 is 1.72 bits per heavy atom. The van der Waals surface area contributed by atoms with E-state index in [4.69, 9.17) is 11.6 Å². The highest BCUT2D eigenvalue weighted by Gasteiger charge is 2.20. The molecule has 0 aliphatic rings. The lowest BCUT2D eigenvalue weighted by molar-refractivity contribution is -0.118. The Morgan fingerprint density at radius 3 is 2.45 bits per heavy atom. The van der Waals surface area contributed by atoms with Gasteiger partial charge in [-0.15, -0.1) is 0 Å². The van der Waals surface area contributed by atoms with Crippen molar-refractivity contribution in [3.8, 4) is 0 Å². The highest BCUT2D eigenvalue weighted by molar-refractivity contribution is 9.10. The highest BCUT2D eigenvalue weighted by atomic mass is 79.9. The molecule has 2 aromatic carbocycles. The molecule has 0 saturated carbocycles. The van der Waals surface area contributed by atoms with Gasteiger partial charge >= 0.3 is 0 Å². The number of anilines is 2. The molecule has 146 valence electrons. The van der Waals surface area contributed by atoms with Crippen molar-refractivity contribution in [2.24, 2.45) is 0 Å². The molecule has 0 radical (unpaired) electrons. The minimum absolute atomic E-state index is 0.0943. The van der Waals surface area contributed by atoms with Crippen LogP contribution in [0.25, 0.3) is 6.08 Å². The number of pyridine rings is 1. The Balaban J connectivity index is 1.95. The van der Waals surface area contributed by atoms with Gasteiger partial charge < -0.3 is 10.6 Å². The molecule has 2 amide bonds. The molecule has 7 heteroatoms. The van der Waals surface area contributed by atoms with Crippen molar-refractivity contribution in [1.82, 2.24) is 4.98 Å². The van der Waals surface area contributed by atoms with Gasteiger partial charge in [0, 0.05) is 27.6 Å². The van der Waals surface area contributed by atoms with E-state index in [0.29, 0.717) is 16.9 Å². The lowest BCUT2D eigenvalue weighted by Crippen LogP contribution is -2.25. The van der Waals surface area contributed by atoms with E-state index in [1.54, 1.807) is 42.5 Å². The number of rotatable bonds is 5. The van der Waals surface area contributed by atoms with E-state index in [0.717, 1.165) is 10.0 Å². The van der Waals surface area contributed by atoms with E-state index >= 15 is 0 Å². The first-order chi connectivity index (χ1) is 13.9. The Bertz CT molecular complexity index is 1080. The summed E-state index contributed by atoms with van der Waals surface area (Å²) in [6, 6.07) is 17.8. The fourth-order valence-electron chi connectivity index (χ4n) is 2.53. The number of halogens is 2. The zero-order valence-electron chi connectivity index (χ0n) is 15.4. The number of hydrogen-bond donors (Lipinski definition) is 2. The second-order valence-electron chi connectivity index (χ2n) is 6.17. The smallest absolute Gasteiger partial charge is 0.261 e. The number of nitrogens with zero attached hydrogens (tertiary/aromatic N) is 1. The molecule has 0 aliphatic heterocycles. The van der Waals surface area contributed by atoms with Gasteiger partial charge in [-0.2, -0.15) is 0 Å². The molecule has 0 bridgehead atoms. The molecule has 0 atom stereocenters. The van der Waals surface area contributed by atoms with Crippen LogP contribution in [0.1, 0.15) is 11.1 Å². The number of hydrogen-bond acceptors (Lipinski definition) is 3. The standard InChI is InChI=1S/C22H17BrClN3O2/c1-14-9-10-16(23)13-19(14)27-22(29)18(12-15-6-5-11-25-20(15)24)21(28)26-17-7-3-2-4-8-17/h2-13H,1H3,(H,26,28)(H,27,29). The number of amides is 2. The van der Waals surface area contributed by atoms with Gasteiger partial charge in [-0.05, 0) is 48.9 Å². The average Bonchev–Trinajstić information content (AvgIpc) is 2.70. The molecule has 3 aromatic rings. The molecule has 29 heavy (non-hydrogen) atoms. The molecule has 1 aromatic heterocycles. The van der Waals surface area contributed by atoms with E-state index in [9.17, 15) is 9.59 Å².